The van der Waals surface area contributed by atoms with E-state index in [9.17, 15) is 9.59 Å². The Hall–Kier alpha value is -2.86. The van der Waals surface area contributed by atoms with E-state index >= 15 is 0 Å². The van der Waals surface area contributed by atoms with Crippen LogP contribution in [0.4, 0.5) is 0 Å². The van der Waals surface area contributed by atoms with Crippen LogP contribution < -0.4 is 0 Å². The fourth-order valence-corrected chi connectivity index (χ4v) is 4.57. The van der Waals surface area contributed by atoms with Gasteiger partial charge in [-0.1, -0.05) is 83.9 Å². The molecule has 7 heteroatoms. The van der Waals surface area contributed by atoms with Gasteiger partial charge in [0.05, 0.1) is 29.3 Å². The van der Waals surface area contributed by atoms with Gasteiger partial charge in [-0.05, 0) is 35.7 Å². The van der Waals surface area contributed by atoms with E-state index in [4.69, 9.17) is 27.9 Å². The first kappa shape index (κ1) is 25.2. The second kappa shape index (κ2) is 12.2. The lowest BCUT2D eigenvalue weighted by Gasteiger charge is -2.31. The van der Waals surface area contributed by atoms with Crippen LogP contribution in [-0.4, -0.2) is 53.9 Å². The van der Waals surface area contributed by atoms with E-state index in [0.29, 0.717) is 54.9 Å². The van der Waals surface area contributed by atoms with Gasteiger partial charge in [0.1, 0.15) is 0 Å². The van der Waals surface area contributed by atoms with Gasteiger partial charge >= 0.3 is 0 Å². The van der Waals surface area contributed by atoms with Gasteiger partial charge in [-0.3, -0.25) is 9.59 Å². The molecule has 5 nitrogen and oxygen atoms in total. The Kier molecular flexibility index (Phi) is 8.80. The normalized spacial score (nSPS) is 15.1. The number of amides is 2. The third-order valence-electron chi connectivity index (χ3n) is 6.16. The first-order valence-corrected chi connectivity index (χ1v) is 12.5. The average molecular weight is 511 g/mol. The lowest BCUT2D eigenvalue weighted by molar-refractivity contribution is -0.134. The van der Waals surface area contributed by atoms with Gasteiger partial charge in [-0.15, -0.1) is 0 Å². The van der Waals surface area contributed by atoms with Crippen molar-refractivity contribution >= 4 is 35.0 Å². The molecule has 1 saturated heterocycles. The topological polar surface area (TPSA) is 49.9 Å². The summed E-state index contributed by atoms with van der Waals surface area (Å²) in [6.07, 6.45) is 0.944. The first-order chi connectivity index (χ1) is 17.0. The molecule has 0 bridgehead atoms. The van der Waals surface area contributed by atoms with E-state index < -0.39 is 0 Å². The molecule has 0 unspecified atom stereocenters. The van der Waals surface area contributed by atoms with Crippen LogP contribution >= 0.6 is 23.2 Å². The highest BCUT2D eigenvalue weighted by molar-refractivity contribution is 6.42. The Labute approximate surface area is 216 Å². The molecule has 0 aromatic heterocycles. The SMILES string of the molecule is O=C(c1ccc(Cl)c(Cl)c1)N1CCC(=O)N([C@H](COCc2ccccc2)Cc2ccccc2)CC1. The number of hydrogen-bond donors (Lipinski definition) is 0. The van der Waals surface area contributed by atoms with E-state index in [1.165, 1.54) is 0 Å². The fraction of sp³-hybridized carbons (Fsp3) is 0.286. The summed E-state index contributed by atoms with van der Waals surface area (Å²) in [6, 6.07) is 24.8. The van der Waals surface area contributed by atoms with E-state index in [1.807, 2.05) is 53.4 Å². The molecule has 1 aliphatic heterocycles. The van der Waals surface area contributed by atoms with Crippen LogP contribution in [0.15, 0.2) is 78.9 Å². The Bertz CT molecular complexity index is 1140. The maximum absolute atomic E-state index is 13.2. The predicted molar refractivity (Wildman–Crippen MR) is 139 cm³/mol. The minimum absolute atomic E-state index is 0.0266. The number of benzene rings is 3. The van der Waals surface area contributed by atoms with Crippen molar-refractivity contribution in [1.82, 2.24) is 9.80 Å². The third kappa shape index (κ3) is 6.85. The molecule has 0 aliphatic carbocycles. The van der Waals surface area contributed by atoms with Crippen molar-refractivity contribution in [2.24, 2.45) is 0 Å². The van der Waals surface area contributed by atoms with Crippen molar-refractivity contribution in [3.63, 3.8) is 0 Å². The molecule has 0 radical (unpaired) electrons. The number of hydrogen-bond acceptors (Lipinski definition) is 3. The maximum atomic E-state index is 13.2. The van der Waals surface area contributed by atoms with Gasteiger partial charge in [0.25, 0.3) is 5.91 Å². The van der Waals surface area contributed by atoms with E-state index in [2.05, 4.69) is 12.1 Å². The number of ether oxygens (including phenoxy) is 1. The predicted octanol–water partition coefficient (Wildman–Crippen LogP) is 5.50. The summed E-state index contributed by atoms with van der Waals surface area (Å²) >= 11 is 12.1. The molecule has 182 valence electrons. The second-order valence-electron chi connectivity index (χ2n) is 8.60. The second-order valence-corrected chi connectivity index (χ2v) is 9.42. The van der Waals surface area contributed by atoms with Crippen molar-refractivity contribution in [3.05, 3.63) is 106 Å². The van der Waals surface area contributed by atoms with Gasteiger partial charge in [-0.2, -0.15) is 0 Å². The quantitative estimate of drug-likeness (QED) is 0.402. The van der Waals surface area contributed by atoms with Crippen molar-refractivity contribution in [2.75, 3.05) is 26.2 Å². The monoisotopic (exact) mass is 510 g/mol. The molecule has 0 N–H and O–H groups in total. The minimum Gasteiger partial charge on any atom is -0.375 e. The Balaban J connectivity index is 1.46. The lowest BCUT2D eigenvalue weighted by atomic mass is 10.0. The molecular weight excluding hydrogens is 483 g/mol. The van der Waals surface area contributed by atoms with Crippen molar-refractivity contribution in [1.29, 1.82) is 0 Å². The molecular formula is C28H28Cl2N2O3. The average Bonchev–Trinajstić information content (AvgIpc) is 3.07. The maximum Gasteiger partial charge on any atom is 0.253 e. The highest BCUT2D eigenvalue weighted by atomic mass is 35.5. The van der Waals surface area contributed by atoms with Crippen LogP contribution in [0.25, 0.3) is 0 Å². The Morgan fingerprint density at radius 2 is 1.54 bits per heavy atom. The molecule has 1 aliphatic rings. The van der Waals surface area contributed by atoms with Crippen molar-refractivity contribution in [3.8, 4) is 0 Å². The first-order valence-electron chi connectivity index (χ1n) is 11.7. The third-order valence-corrected chi connectivity index (χ3v) is 6.90. The summed E-state index contributed by atoms with van der Waals surface area (Å²) in [5, 5.41) is 0.739. The van der Waals surface area contributed by atoms with Gasteiger partial charge in [0, 0.05) is 31.6 Å². The van der Waals surface area contributed by atoms with Crippen molar-refractivity contribution in [2.45, 2.75) is 25.5 Å². The van der Waals surface area contributed by atoms with Gasteiger partial charge in [0.15, 0.2) is 0 Å². The number of nitrogens with zero attached hydrogens (tertiary/aromatic N) is 2. The van der Waals surface area contributed by atoms with Crippen LogP contribution in [0.2, 0.25) is 10.0 Å². The molecule has 1 fully saturated rings. The summed E-state index contributed by atoms with van der Waals surface area (Å²) in [7, 11) is 0. The van der Waals surface area contributed by atoms with Gasteiger partial charge in [-0.25, -0.2) is 0 Å². The van der Waals surface area contributed by atoms with Crippen LogP contribution in [0.3, 0.4) is 0 Å². The minimum atomic E-state index is -0.154. The zero-order valence-electron chi connectivity index (χ0n) is 19.4. The number of halogens is 2. The molecule has 1 atom stereocenters. The highest BCUT2D eigenvalue weighted by Crippen LogP contribution is 2.24. The van der Waals surface area contributed by atoms with Crippen LogP contribution in [0, 0.1) is 0 Å². The summed E-state index contributed by atoms with van der Waals surface area (Å²) in [6.45, 7) is 2.14. The van der Waals surface area contributed by atoms with E-state index in [0.717, 1.165) is 11.1 Å². The summed E-state index contributed by atoms with van der Waals surface area (Å²) in [4.78, 5) is 29.9. The smallest absolute Gasteiger partial charge is 0.253 e. The molecule has 2 amide bonds. The Morgan fingerprint density at radius 1 is 0.857 bits per heavy atom. The summed E-state index contributed by atoms with van der Waals surface area (Å²) in [5.41, 5.74) is 2.69. The molecule has 0 saturated carbocycles. The van der Waals surface area contributed by atoms with E-state index in [-0.39, 0.29) is 24.3 Å². The largest absolute Gasteiger partial charge is 0.375 e. The molecule has 1 heterocycles. The van der Waals surface area contributed by atoms with Crippen LogP contribution in [0.1, 0.15) is 27.9 Å². The van der Waals surface area contributed by atoms with E-state index in [1.54, 1.807) is 23.1 Å². The van der Waals surface area contributed by atoms with Crippen LogP contribution in [0.5, 0.6) is 0 Å². The van der Waals surface area contributed by atoms with Crippen LogP contribution in [-0.2, 0) is 22.6 Å². The molecule has 3 aromatic carbocycles. The zero-order valence-corrected chi connectivity index (χ0v) is 20.9. The highest BCUT2D eigenvalue weighted by Gasteiger charge is 2.29. The molecule has 3 aromatic rings. The summed E-state index contributed by atoms with van der Waals surface area (Å²) in [5.74, 6) is -0.128. The number of rotatable bonds is 8. The lowest BCUT2D eigenvalue weighted by Crippen LogP contribution is -2.45. The summed E-state index contributed by atoms with van der Waals surface area (Å²) < 4.78 is 6.06. The number of carbonyl (C=O) groups is 2. The van der Waals surface area contributed by atoms with Gasteiger partial charge in [0.2, 0.25) is 5.91 Å². The van der Waals surface area contributed by atoms with Gasteiger partial charge < -0.3 is 14.5 Å². The standard InChI is InChI=1S/C28H28Cl2N2O3/c29-25-12-11-23(18-26(25)30)28(34)31-14-13-27(33)32(16-15-31)24(17-21-7-3-1-4-8-21)20-35-19-22-9-5-2-6-10-22/h1-12,18,24H,13-17,19-20H2/t24-/m0/s1. The fourth-order valence-electron chi connectivity index (χ4n) is 4.27. The van der Waals surface area contributed by atoms with Crippen molar-refractivity contribution < 1.29 is 14.3 Å². The molecule has 0 spiro atoms. The molecule has 35 heavy (non-hydrogen) atoms. The number of carbonyl (C=O) groups excluding carboxylic acids is 2. The zero-order chi connectivity index (χ0) is 24.6. The Morgan fingerprint density at radius 3 is 2.23 bits per heavy atom. The molecule has 4 rings (SSSR count).